The molecular formula is C24H30N2O4. The van der Waals surface area contributed by atoms with Crippen molar-refractivity contribution in [1.82, 2.24) is 10.2 Å². The van der Waals surface area contributed by atoms with Crippen LogP contribution in [0.1, 0.15) is 61.0 Å². The second-order valence-corrected chi connectivity index (χ2v) is 8.81. The predicted molar refractivity (Wildman–Crippen MR) is 116 cm³/mol. The molecule has 0 radical (unpaired) electrons. The number of phenolic OH excluding ortho intramolecular Hbond substituents is 1. The van der Waals surface area contributed by atoms with Crippen molar-refractivity contribution in [1.29, 1.82) is 0 Å². The van der Waals surface area contributed by atoms with Gasteiger partial charge < -0.3 is 20.1 Å². The Labute approximate surface area is 177 Å². The van der Waals surface area contributed by atoms with Crippen LogP contribution in [0.2, 0.25) is 0 Å². The monoisotopic (exact) mass is 410 g/mol. The Balaban J connectivity index is 1.55. The number of carbonyl (C=O) groups is 2. The summed E-state index contributed by atoms with van der Waals surface area (Å²) in [5.74, 6) is 0.420. The van der Waals surface area contributed by atoms with Gasteiger partial charge in [-0.1, -0.05) is 30.3 Å². The molecule has 1 heterocycles. The van der Waals surface area contributed by atoms with E-state index in [1.165, 1.54) is 11.6 Å². The number of nitrogens with zero attached hydrogens (tertiary/aromatic N) is 1. The van der Waals surface area contributed by atoms with Crippen molar-refractivity contribution < 1.29 is 19.4 Å². The summed E-state index contributed by atoms with van der Waals surface area (Å²) in [4.78, 5) is 26.4. The number of alkyl carbamates (subject to hydrolysis) is 1. The van der Waals surface area contributed by atoms with Crippen LogP contribution in [0.25, 0.3) is 0 Å². The van der Waals surface area contributed by atoms with Gasteiger partial charge in [-0.05, 0) is 68.9 Å². The number of nitrogens with one attached hydrogen (secondary N) is 1. The SMILES string of the molecule is CC(C)(C)NC(=O)OCc1cccc(C2CCN(C(=O)c3cccc(O)c3)CC2)c1. The van der Waals surface area contributed by atoms with E-state index in [4.69, 9.17) is 4.74 Å². The summed E-state index contributed by atoms with van der Waals surface area (Å²) in [6, 6.07) is 14.6. The number of ether oxygens (including phenoxy) is 1. The number of benzene rings is 2. The minimum Gasteiger partial charge on any atom is -0.508 e. The third kappa shape index (κ3) is 5.99. The molecule has 6 nitrogen and oxygen atoms in total. The lowest BCUT2D eigenvalue weighted by atomic mass is 9.88. The number of hydrogen-bond acceptors (Lipinski definition) is 4. The maximum absolute atomic E-state index is 12.7. The van der Waals surface area contributed by atoms with Crippen LogP contribution in [0.4, 0.5) is 4.79 Å². The van der Waals surface area contributed by atoms with E-state index in [1.807, 2.05) is 37.8 Å². The Morgan fingerprint density at radius 1 is 1.10 bits per heavy atom. The van der Waals surface area contributed by atoms with Crippen molar-refractivity contribution in [3.8, 4) is 5.75 Å². The number of likely N-dealkylation sites (tertiary alicyclic amines) is 1. The standard InChI is InChI=1S/C24H30N2O4/c1-24(2,3)25-23(29)30-16-17-6-4-7-19(14-17)18-10-12-26(13-11-18)22(28)20-8-5-9-21(27)15-20/h4-9,14-15,18,27H,10-13,16H2,1-3H3,(H,25,29). The summed E-state index contributed by atoms with van der Waals surface area (Å²) in [5.41, 5.74) is 2.34. The second-order valence-electron chi connectivity index (χ2n) is 8.81. The molecule has 1 fully saturated rings. The average Bonchev–Trinajstić information content (AvgIpc) is 2.71. The van der Waals surface area contributed by atoms with E-state index in [0.29, 0.717) is 24.6 Å². The number of rotatable bonds is 4. The molecule has 3 rings (SSSR count). The van der Waals surface area contributed by atoms with Gasteiger partial charge in [-0.15, -0.1) is 0 Å². The molecule has 0 aromatic heterocycles. The lowest BCUT2D eigenvalue weighted by Gasteiger charge is -2.32. The third-order valence-corrected chi connectivity index (χ3v) is 5.14. The summed E-state index contributed by atoms with van der Waals surface area (Å²) in [5, 5.41) is 12.4. The van der Waals surface area contributed by atoms with Gasteiger partial charge in [-0.2, -0.15) is 0 Å². The number of phenols is 1. The first kappa shape index (κ1) is 21.7. The molecule has 0 atom stereocenters. The molecule has 2 N–H and O–H groups in total. The topological polar surface area (TPSA) is 78.9 Å². The molecule has 1 aliphatic rings. The van der Waals surface area contributed by atoms with Crippen molar-refractivity contribution in [2.75, 3.05) is 13.1 Å². The van der Waals surface area contributed by atoms with Crippen molar-refractivity contribution in [2.24, 2.45) is 0 Å². The van der Waals surface area contributed by atoms with Crippen molar-refractivity contribution >= 4 is 12.0 Å². The van der Waals surface area contributed by atoms with Gasteiger partial charge in [0.05, 0.1) is 0 Å². The zero-order valence-corrected chi connectivity index (χ0v) is 17.9. The lowest BCUT2D eigenvalue weighted by Crippen LogP contribution is -2.40. The Morgan fingerprint density at radius 3 is 2.47 bits per heavy atom. The fourth-order valence-electron chi connectivity index (χ4n) is 3.67. The Morgan fingerprint density at radius 2 is 1.80 bits per heavy atom. The van der Waals surface area contributed by atoms with Crippen LogP contribution >= 0.6 is 0 Å². The number of hydrogen-bond donors (Lipinski definition) is 2. The highest BCUT2D eigenvalue weighted by atomic mass is 16.5. The first-order chi connectivity index (χ1) is 14.2. The van der Waals surface area contributed by atoms with Gasteiger partial charge >= 0.3 is 6.09 Å². The van der Waals surface area contributed by atoms with Crippen LogP contribution < -0.4 is 5.32 Å². The summed E-state index contributed by atoms with van der Waals surface area (Å²) >= 11 is 0. The molecule has 0 saturated carbocycles. The maximum atomic E-state index is 12.7. The maximum Gasteiger partial charge on any atom is 0.407 e. The third-order valence-electron chi connectivity index (χ3n) is 5.14. The van der Waals surface area contributed by atoms with E-state index in [1.54, 1.807) is 18.2 Å². The van der Waals surface area contributed by atoms with E-state index >= 15 is 0 Å². The quantitative estimate of drug-likeness (QED) is 0.781. The fourth-order valence-corrected chi connectivity index (χ4v) is 3.67. The molecule has 0 aliphatic carbocycles. The van der Waals surface area contributed by atoms with E-state index in [-0.39, 0.29) is 23.8 Å². The smallest absolute Gasteiger partial charge is 0.407 e. The highest BCUT2D eigenvalue weighted by molar-refractivity contribution is 5.94. The Hall–Kier alpha value is -3.02. The van der Waals surface area contributed by atoms with Gasteiger partial charge in [0, 0.05) is 24.2 Å². The summed E-state index contributed by atoms with van der Waals surface area (Å²) in [6.45, 7) is 7.30. The van der Waals surface area contributed by atoms with Gasteiger partial charge in [0.2, 0.25) is 0 Å². The molecule has 0 unspecified atom stereocenters. The zero-order chi connectivity index (χ0) is 21.7. The zero-order valence-electron chi connectivity index (χ0n) is 17.9. The van der Waals surface area contributed by atoms with Gasteiger partial charge in [-0.25, -0.2) is 4.79 Å². The highest BCUT2D eigenvalue weighted by Crippen LogP contribution is 2.29. The van der Waals surface area contributed by atoms with Crippen LogP contribution in [0.5, 0.6) is 5.75 Å². The molecule has 1 aliphatic heterocycles. The molecule has 6 heteroatoms. The number of aromatic hydroxyl groups is 1. The number of amides is 2. The molecule has 2 aromatic carbocycles. The predicted octanol–water partition coefficient (Wildman–Crippen LogP) is 4.44. The normalized spacial score (nSPS) is 15.0. The molecular weight excluding hydrogens is 380 g/mol. The summed E-state index contributed by atoms with van der Waals surface area (Å²) in [7, 11) is 0. The summed E-state index contributed by atoms with van der Waals surface area (Å²) < 4.78 is 5.33. The minimum atomic E-state index is -0.424. The van der Waals surface area contributed by atoms with Gasteiger partial charge in [0.1, 0.15) is 12.4 Å². The lowest BCUT2D eigenvalue weighted by molar-refractivity contribution is 0.0712. The van der Waals surface area contributed by atoms with Crippen LogP contribution in [0.3, 0.4) is 0 Å². The fraction of sp³-hybridized carbons (Fsp3) is 0.417. The molecule has 2 amide bonds. The minimum absolute atomic E-state index is 0.0450. The van der Waals surface area contributed by atoms with Gasteiger partial charge in [0.25, 0.3) is 5.91 Å². The molecule has 1 saturated heterocycles. The molecule has 2 aromatic rings. The van der Waals surface area contributed by atoms with Crippen molar-refractivity contribution in [2.45, 2.75) is 51.7 Å². The molecule has 0 spiro atoms. The second kappa shape index (κ2) is 9.20. The van der Waals surface area contributed by atoms with Gasteiger partial charge in [-0.3, -0.25) is 4.79 Å². The first-order valence-electron chi connectivity index (χ1n) is 10.3. The van der Waals surface area contributed by atoms with Crippen LogP contribution in [0.15, 0.2) is 48.5 Å². The molecule has 160 valence electrons. The summed E-state index contributed by atoms with van der Waals surface area (Å²) in [6.07, 6.45) is 1.32. The van der Waals surface area contributed by atoms with Crippen LogP contribution in [-0.4, -0.2) is 40.6 Å². The van der Waals surface area contributed by atoms with Crippen molar-refractivity contribution in [3.63, 3.8) is 0 Å². The first-order valence-corrected chi connectivity index (χ1v) is 10.3. The largest absolute Gasteiger partial charge is 0.508 e. The molecule has 30 heavy (non-hydrogen) atoms. The highest BCUT2D eigenvalue weighted by Gasteiger charge is 2.25. The van der Waals surface area contributed by atoms with E-state index in [9.17, 15) is 14.7 Å². The van der Waals surface area contributed by atoms with E-state index < -0.39 is 6.09 Å². The Bertz CT molecular complexity index is 896. The van der Waals surface area contributed by atoms with E-state index in [2.05, 4.69) is 17.4 Å². The average molecular weight is 411 g/mol. The molecule has 0 bridgehead atoms. The van der Waals surface area contributed by atoms with Crippen molar-refractivity contribution in [3.05, 3.63) is 65.2 Å². The number of carbonyl (C=O) groups excluding carboxylic acids is 2. The van der Waals surface area contributed by atoms with E-state index in [0.717, 1.165) is 18.4 Å². The van der Waals surface area contributed by atoms with Crippen LogP contribution in [-0.2, 0) is 11.3 Å². The van der Waals surface area contributed by atoms with Crippen LogP contribution in [0, 0.1) is 0 Å². The Kier molecular flexibility index (Phi) is 6.65. The number of piperidine rings is 1. The van der Waals surface area contributed by atoms with Gasteiger partial charge in [0.15, 0.2) is 0 Å².